The summed E-state index contributed by atoms with van der Waals surface area (Å²) in [5.41, 5.74) is 0. The first kappa shape index (κ1) is 27.1. The molecular formula is BErFeNd. The molecule has 0 atom stereocenters. The van der Waals surface area contributed by atoms with E-state index in [1.807, 2.05) is 0 Å². The third-order valence-electron chi connectivity index (χ3n) is 0. The topological polar surface area (TPSA) is 0 Å². The van der Waals surface area contributed by atoms with Crippen molar-refractivity contribution in [3.05, 3.63) is 0 Å². The van der Waals surface area contributed by atoms with Crippen LogP contribution < -0.4 is 0 Å². The van der Waals surface area contributed by atoms with Gasteiger partial charge in [-0.2, -0.15) is 0 Å². The first-order chi connectivity index (χ1) is 0. The van der Waals surface area contributed by atoms with Crippen LogP contribution in [0.15, 0.2) is 0 Å². The molecular weight excluding hydrogens is 378 g/mol. The van der Waals surface area contributed by atoms with E-state index in [1.165, 1.54) is 0 Å². The van der Waals surface area contributed by atoms with Crippen molar-refractivity contribution in [1.29, 1.82) is 0 Å². The van der Waals surface area contributed by atoms with Gasteiger partial charge in [-0.3, -0.25) is 0 Å². The summed E-state index contributed by atoms with van der Waals surface area (Å²) in [4.78, 5) is 0. The van der Waals surface area contributed by atoms with E-state index in [9.17, 15) is 0 Å². The van der Waals surface area contributed by atoms with Gasteiger partial charge in [0.2, 0.25) is 0 Å². The molecule has 0 saturated carbocycles. The van der Waals surface area contributed by atoms with Gasteiger partial charge < -0.3 is 0 Å². The summed E-state index contributed by atoms with van der Waals surface area (Å²) in [6.45, 7) is 0. The largest absolute Gasteiger partial charge is 0 e. The molecule has 0 aliphatic rings. The van der Waals surface area contributed by atoms with Crippen molar-refractivity contribution in [2.75, 3.05) is 0 Å². The molecule has 0 aliphatic carbocycles. The van der Waals surface area contributed by atoms with Crippen molar-refractivity contribution in [3.63, 3.8) is 0 Å². The van der Waals surface area contributed by atoms with Crippen molar-refractivity contribution < 1.29 is 95.2 Å². The normalized spacial score (nSPS) is 0. The minimum absolute atomic E-state index is 0. The second-order valence-electron chi connectivity index (χ2n) is 0. The quantitative estimate of drug-likeness (QED) is 0.505. The van der Waals surface area contributed by atoms with Crippen LogP contribution in [-0.4, -0.2) is 8.41 Å². The first-order valence-electron chi connectivity index (χ1n) is 0. The minimum Gasteiger partial charge on any atom is 0 e. The Morgan fingerprint density at radius 1 is 1.00 bits per heavy atom. The van der Waals surface area contributed by atoms with Crippen molar-refractivity contribution in [2.24, 2.45) is 0 Å². The van der Waals surface area contributed by atoms with Crippen LogP contribution in [0.2, 0.25) is 0 Å². The molecule has 0 rings (SSSR count). The Kier molecular flexibility index (Phi) is 111. The summed E-state index contributed by atoms with van der Waals surface area (Å²) in [7, 11) is 0. The molecule has 4 heteroatoms. The molecule has 0 spiro atoms. The molecule has 3 radical (unpaired) electrons. The van der Waals surface area contributed by atoms with Gasteiger partial charge in [-0.25, -0.2) is 0 Å². The van der Waals surface area contributed by atoms with Crippen LogP contribution >= 0.6 is 0 Å². The van der Waals surface area contributed by atoms with E-state index in [2.05, 4.69) is 0 Å². The molecule has 0 aromatic carbocycles. The maximum absolute atomic E-state index is 0. The Hall–Kier alpha value is 3.18. The molecule has 0 nitrogen and oxygen atoms in total. The summed E-state index contributed by atoms with van der Waals surface area (Å²) in [6, 6.07) is 0. The zero-order valence-corrected chi connectivity index (χ0v) is 7.88. The summed E-state index contributed by atoms with van der Waals surface area (Å²) < 4.78 is 0. The van der Waals surface area contributed by atoms with Crippen LogP contribution in [0.1, 0.15) is 0 Å². The van der Waals surface area contributed by atoms with Crippen LogP contribution in [0.3, 0.4) is 0 Å². The fourth-order valence-corrected chi connectivity index (χ4v) is 0. The van der Waals surface area contributed by atoms with E-state index in [0.29, 0.717) is 0 Å². The van der Waals surface area contributed by atoms with Gasteiger partial charge in [0.15, 0.2) is 0 Å². The van der Waals surface area contributed by atoms with Gasteiger partial charge >= 0.3 is 0 Å². The molecule has 0 unspecified atom stereocenters. The Labute approximate surface area is 101 Å². The number of hydrogen-bond acceptors (Lipinski definition) is 0. The summed E-state index contributed by atoms with van der Waals surface area (Å²) in [5, 5.41) is 0. The molecule has 0 saturated heterocycles. The Balaban J connectivity index is 0. The van der Waals surface area contributed by atoms with E-state index >= 15 is 0 Å². The van der Waals surface area contributed by atoms with Gasteiger partial charge in [0.1, 0.15) is 0 Å². The summed E-state index contributed by atoms with van der Waals surface area (Å²) in [5.74, 6) is 0. The maximum Gasteiger partial charge on any atom is 0 e. The maximum atomic E-state index is 0. The van der Waals surface area contributed by atoms with Gasteiger partial charge in [0.25, 0.3) is 0 Å². The van der Waals surface area contributed by atoms with Gasteiger partial charge in [0.05, 0.1) is 0 Å². The average Bonchev–Trinajstić information content (AvgIpc) is 0. The van der Waals surface area contributed by atoms with Gasteiger partial charge in [-0.05, 0) is 0 Å². The number of rotatable bonds is 0. The third kappa shape index (κ3) is 8.95. The van der Waals surface area contributed by atoms with E-state index in [0.717, 1.165) is 0 Å². The molecule has 0 aromatic heterocycles. The predicted molar refractivity (Wildman–Crippen MR) is 5.75 cm³/mol. The van der Waals surface area contributed by atoms with Crippen molar-refractivity contribution in [1.82, 2.24) is 0 Å². The van der Waals surface area contributed by atoms with Gasteiger partial charge in [-0.1, -0.05) is 0 Å². The predicted octanol–water partition coefficient (Wildman–Crippen LogP) is -0.383. The van der Waals surface area contributed by atoms with E-state index < -0.39 is 0 Å². The zero-order chi connectivity index (χ0) is 0. The Morgan fingerprint density at radius 2 is 1.00 bits per heavy atom. The molecule has 0 amide bonds. The Bertz CT molecular complexity index is 8.00. The van der Waals surface area contributed by atoms with Crippen LogP contribution in [0, 0.1) is 78.1 Å². The standard InChI is InChI=1S/B.Er.Fe.Nd. The Morgan fingerprint density at radius 3 is 1.00 bits per heavy atom. The van der Waals surface area contributed by atoms with Crippen LogP contribution in [-0.2, 0) is 17.1 Å². The molecule has 0 aromatic rings. The fourth-order valence-electron chi connectivity index (χ4n) is 0. The fraction of sp³-hybridized carbons (Fsp3) is 0. The summed E-state index contributed by atoms with van der Waals surface area (Å²) in [6.07, 6.45) is 0. The summed E-state index contributed by atoms with van der Waals surface area (Å²) >= 11 is 0. The smallest absolute Gasteiger partial charge is 0 e. The van der Waals surface area contributed by atoms with E-state index in [-0.39, 0.29) is 104 Å². The van der Waals surface area contributed by atoms with Crippen LogP contribution in [0.25, 0.3) is 0 Å². The number of hydrogen-bond donors (Lipinski definition) is 0. The molecule has 0 N–H and O–H groups in total. The second kappa shape index (κ2) is 16.4. The molecule has 0 heterocycles. The van der Waals surface area contributed by atoms with Crippen molar-refractivity contribution in [3.8, 4) is 0 Å². The molecule has 0 fully saturated rings. The zero-order valence-electron chi connectivity index (χ0n) is 1.72. The monoisotopic (exact) mass is 375 g/mol. The van der Waals surface area contributed by atoms with Gasteiger partial charge in [0, 0.05) is 104 Å². The molecule has 4 heavy (non-hydrogen) atoms. The van der Waals surface area contributed by atoms with E-state index in [1.54, 1.807) is 0 Å². The molecule has 0 bridgehead atoms. The average molecular weight is 378 g/mol. The van der Waals surface area contributed by atoms with Crippen LogP contribution in [0.4, 0.5) is 0 Å². The second-order valence-corrected chi connectivity index (χ2v) is 0. The molecule has 0 aliphatic heterocycles. The first-order valence-corrected chi connectivity index (χ1v) is 0. The SMILES string of the molecule is [B].[Er].[Fe].[Nd]. The third-order valence-corrected chi connectivity index (χ3v) is 0. The van der Waals surface area contributed by atoms with Crippen molar-refractivity contribution in [2.45, 2.75) is 0 Å². The van der Waals surface area contributed by atoms with E-state index in [4.69, 9.17) is 0 Å². The van der Waals surface area contributed by atoms with Gasteiger partial charge in [-0.15, -0.1) is 0 Å². The van der Waals surface area contributed by atoms with Crippen LogP contribution in [0.5, 0.6) is 0 Å². The minimum atomic E-state index is 0. The van der Waals surface area contributed by atoms with Crippen molar-refractivity contribution >= 4 is 8.41 Å². The molecule has 27 valence electrons.